The number of piperazine rings is 1. The molecule has 0 amide bonds. The minimum Gasteiger partial charge on any atom is -0.461 e. The highest BCUT2D eigenvalue weighted by atomic mass is 35.5. The first-order valence-corrected chi connectivity index (χ1v) is 17.5. The van der Waals surface area contributed by atoms with Crippen molar-refractivity contribution < 1.29 is 22.3 Å². The van der Waals surface area contributed by atoms with Crippen molar-refractivity contribution in [3.63, 3.8) is 0 Å². The van der Waals surface area contributed by atoms with Crippen LogP contribution in [-0.4, -0.2) is 64.8 Å². The molecule has 0 radical (unpaired) electrons. The van der Waals surface area contributed by atoms with E-state index in [1.165, 1.54) is 12.1 Å². The van der Waals surface area contributed by atoms with Crippen LogP contribution in [0.15, 0.2) is 30.4 Å². The molecule has 8 nitrogen and oxygen atoms in total. The number of thiophene rings is 1. The lowest BCUT2D eigenvalue weighted by Gasteiger charge is -2.41. The van der Waals surface area contributed by atoms with Crippen LogP contribution >= 0.6 is 22.9 Å². The minimum absolute atomic E-state index is 0.0384. The molecule has 2 bridgehead atoms. The predicted molar refractivity (Wildman–Crippen MR) is 182 cm³/mol. The lowest BCUT2D eigenvalue weighted by atomic mass is 9.90. The highest BCUT2D eigenvalue weighted by molar-refractivity contribution is 7.23. The maximum Gasteiger partial charge on any atom is 0.319 e. The Morgan fingerprint density at radius 1 is 1.22 bits per heavy atom. The molecule has 252 valence electrons. The predicted octanol–water partition coefficient (Wildman–Crippen LogP) is 7.39. The van der Waals surface area contributed by atoms with Crippen molar-refractivity contribution in [2.24, 2.45) is 0 Å². The standard InChI is InChI=1S/C35H30ClF4N7OS/c1-15-9-22-21-6-3-17(43-21)13-47(22)33-26-23(15)27(36)25(18-4-5-20(37)30-24(18)19(11-41)32(42)49-30)28(38)29(26)44-34(45-33)48-14-35-7-2-8-46(35)12-16(10-35)31(39)40/h4-5,17,21-22,43H,1-3,6-10,12-14,42H2/t17-,21?,22-,35+/m1/s1. The third-order valence-corrected chi connectivity index (χ3v) is 12.6. The first-order valence-electron chi connectivity index (χ1n) is 16.3. The monoisotopic (exact) mass is 707 g/mol. The van der Waals surface area contributed by atoms with E-state index >= 15 is 8.78 Å². The molecule has 1 unspecified atom stereocenters. The van der Waals surface area contributed by atoms with Gasteiger partial charge in [0.2, 0.25) is 0 Å². The van der Waals surface area contributed by atoms with Gasteiger partial charge in [0.25, 0.3) is 6.08 Å². The van der Waals surface area contributed by atoms with Gasteiger partial charge in [0, 0.05) is 53.3 Å². The fourth-order valence-electron chi connectivity index (χ4n) is 9.02. The Morgan fingerprint density at radius 3 is 2.86 bits per heavy atom. The average Bonchev–Trinajstić information content (AvgIpc) is 3.82. The summed E-state index contributed by atoms with van der Waals surface area (Å²) in [6, 6.07) is 4.91. The SMILES string of the molecule is C=C1C[C@@H]2C3CC[C@H](CN2c2nc(OC[C@@]45CCCN4CC(=C(F)F)C5)nc4c(F)c(-c5ccc(F)c6sc(N)c(C#N)c56)c(Cl)c1c24)N3. The molecule has 0 aliphatic carbocycles. The topological polar surface area (TPSA) is 103 Å². The van der Waals surface area contributed by atoms with E-state index in [4.69, 9.17) is 27.1 Å². The van der Waals surface area contributed by atoms with Crippen molar-refractivity contribution in [1.29, 1.82) is 5.26 Å². The number of halogens is 5. The Morgan fingerprint density at radius 2 is 2.06 bits per heavy atom. The van der Waals surface area contributed by atoms with E-state index in [-0.39, 0.29) is 91.6 Å². The zero-order chi connectivity index (χ0) is 33.9. The normalized spacial score (nSPS) is 26.0. The number of hydrogen-bond donors (Lipinski definition) is 2. The van der Waals surface area contributed by atoms with E-state index in [9.17, 15) is 14.0 Å². The highest BCUT2D eigenvalue weighted by Gasteiger charge is 2.49. The molecule has 4 fully saturated rings. The Kier molecular flexibility index (Phi) is 6.98. The number of ether oxygens (including phenoxy) is 1. The first kappa shape index (κ1) is 31.1. The molecule has 0 spiro atoms. The number of hydrogen-bond acceptors (Lipinski definition) is 9. The summed E-state index contributed by atoms with van der Waals surface area (Å²) in [7, 11) is 0. The van der Waals surface area contributed by atoms with E-state index in [1.807, 2.05) is 4.90 Å². The van der Waals surface area contributed by atoms with Gasteiger partial charge in [-0.15, -0.1) is 11.3 Å². The molecule has 7 heterocycles. The number of nitrogen functional groups attached to an aromatic ring is 1. The Balaban J connectivity index is 1.27. The smallest absolute Gasteiger partial charge is 0.319 e. The van der Waals surface area contributed by atoms with Gasteiger partial charge in [-0.25, -0.2) is 8.78 Å². The van der Waals surface area contributed by atoms with Gasteiger partial charge in [-0.1, -0.05) is 24.2 Å². The second kappa shape index (κ2) is 11.0. The average molecular weight is 708 g/mol. The number of nitrogens with zero attached hydrogens (tertiary/aromatic N) is 5. The largest absolute Gasteiger partial charge is 0.461 e. The molecule has 5 aliphatic heterocycles. The van der Waals surface area contributed by atoms with Gasteiger partial charge in [-0.3, -0.25) is 4.90 Å². The fourth-order valence-corrected chi connectivity index (χ4v) is 10.4. The van der Waals surface area contributed by atoms with E-state index in [2.05, 4.69) is 27.8 Å². The Labute approximate surface area is 287 Å². The van der Waals surface area contributed by atoms with Crippen LogP contribution in [0.3, 0.4) is 0 Å². The van der Waals surface area contributed by atoms with Gasteiger partial charge in [0.15, 0.2) is 5.82 Å². The number of rotatable bonds is 4. The minimum atomic E-state index is -1.66. The maximum atomic E-state index is 17.3. The first-order chi connectivity index (χ1) is 23.6. The molecule has 0 saturated carbocycles. The number of nitrogens with two attached hydrogens (primary N) is 1. The van der Waals surface area contributed by atoms with Gasteiger partial charge in [0.05, 0.1) is 26.2 Å². The molecule has 2 aromatic carbocycles. The summed E-state index contributed by atoms with van der Waals surface area (Å²) >= 11 is 8.12. The number of nitrogens with one attached hydrogen (secondary N) is 1. The summed E-state index contributed by atoms with van der Waals surface area (Å²) in [4.78, 5) is 13.8. The quantitative estimate of drug-likeness (QED) is 0.212. The van der Waals surface area contributed by atoms with Gasteiger partial charge < -0.3 is 20.7 Å². The van der Waals surface area contributed by atoms with Gasteiger partial charge in [0.1, 0.15) is 34.8 Å². The molecule has 9 rings (SSSR count). The Bertz CT molecular complexity index is 2210. The summed E-state index contributed by atoms with van der Waals surface area (Å²) in [5, 5.41) is 14.4. The van der Waals surface area contributed by atoms with E-state index < -0.39 is 23.3 Å². The van der Waals surface area contributed by atoms with Gasteiger partial charge in [-0.05, 0) is 62.3 Å². The Hall–Kier alpha value is -3.96. The lowest BCUT2D eigenvalue weighted by Crippen LogP contribution is -2.58. The summed E-state index contributed by atoms with van der Waals surface area (Å²) in [5.74, 6) is -0.891. The van der Waals surface area contributed by atoms with E-state index in [0.717, 1.165) is 30.6 Å². The van der Waals surface area contributed by atoms with Crippen LogP contribution in [0.1, 0.15) is 49.7 Å². The van der Waals surface area contributed by atoms with Gasteiger partial charge in [-0.2, -0.15) is 24.0 Å². The number of anilines is 2. The molecule has 5 aliphatic rings. The molecule has 2 aromatic heterocycles. The van der Waals surface area contributed by atoms with Crippen LogP contribution in [0.4, 0.5) is 28.4 Å². The van der Waals surface area contributed by atoms with Crippen LogP contribution in [0.25, 0.3) is 37.7 Å². The maximum absolute atomic E-state index is 17.3. The van der Waals surface area contributed by atoms with Crippen LogP contribution in [0.2, 0.25) is 5.02 Å². The van der Waals surface area contributed by atoms with Crippen molar-refractivity contribution in [3.8, 4) is 23.2 Å². The summed E-state index contributed by atoms with van der Waals surface area (Å²) in [6.07, 6.45) is 2.53. The number of benzene rings is 2. The summed E-state index contributed by atoms with van der Waals surface area (Å²) in [6.45, 7) is 5.98. The molecule has 4 saturated heterocycles. The van der Waals surface area contributed by atoms with Crippen molar-refractivity contribution in [2.75, 3.05) is 36.9 Å². The number of nitriles is 1. The van der Waals surface area contributed by atoms with Crippen LogP contribution in [-0.2, 0) is 0 Å². The third kappa shape index (κ3) is 4.46. The van der Waals surface area contributed by atoms with E-state index in [1.54, 1.807) is 0 Å². The van der Waals surface area contributed by atoms with Crippen LogP contribution in [0.5, 0.6) is 6.01 Å². The van der Waals surface area contributed by atoms with Crippen LogP contribution < -0.4 is 20.7 Å². The summed E-state index contributed by atoms with van der Waals surface area (Å²) in [5.41, 5.74) is 6.92. The zero-order valence-electron chi connectivity index (χ0n) is 26.2. The lowest BCUT2D eigenvalue weighted by molar-refractivity contribution is 0.108. The van der Waals surface area contributed by atoms with Crippen molar-refractivity contribution >= 4 is 60.3 Å². The van der Waals surface area contributed by atoms with Gasteiger partial charge >= 0.3 is 6.01 Å². The molecular weight excluding hydrogens is 678 g/mol. The summed E-state index contributed by atoms with van der Waals surface area (Å²) < 4.78 is 66.2. The highest BCUT2D eigenvalue weighted by Crippen LogP contribution is 2.52. The third-order valence-electron chi connectivity index (χ3n) is 11.2. The number of fused-ring (bicyclic) bond motifs is 7. The molecule has 49 heavy (non-hydrogen) atoms. The molecule has 4 aromatic rings. The molecule has 4 atom stereocenters. The molecular formula is C35H30ClF4N7OS. The second-order valence-electron chi connectivity index (χ2n) is 13.8. The molecule has 3 N–H and O–H groups in total. The van der Waals surface area contributed by atoms with Crippen LogP contribution in [0, 0.1) is 23.0 Å². The van der Waals surface area contributed by atoms with Crippen molar-refractivity contribution in [2.45, 2.75) is 62.2 Å². The number of aromatic nitrogens is 2. The fraction of sp³-hybridized carbons (Fsp3) is 0.400. The second-order valence-corrected chi connectivity index (χ2v) is 15.3. The van der Waals surface area contributed by atoms with Crippen molar-refractivity contribution in [3.05, 3.63) is 58.1 Å². The zero-order valence-corrected chi connectivity index (χ0v) is 27.8. The van der Waals surface area contributed by atoms with E-state index in [0.29, 0.717) is 48.3 Å². The van der Waals surface area contributed by atoms with Crippen molar-refractivity contribution in [1.82, 2.24) is 20.2 Å². The molecule has 14 heteroatoms.